The predicted molar refractivity (Wildman–Crippen MR) is 117 cm³/mol. The summed E-state index contributed by atoms with van der Waals surface area (Å²) in [5, 5.41) is 4.32. The molecule has 1 saturated carbocycles. The normalized spacial score (nSPS) is 17.3. The maximum Gasteiger partial charge on any atom is 0.192 e. The second-order valence-corrected chi connectivity index (χ2v) is 13.3. The molecule has 1 aromatic rings. The van der Waals surface area contributed by atoms with E-state index in [2.05, 4.69) is 26.1 Å². The third kappa shape index (κ3) is 6.43. The molecule has 154 valence electrons. The Balaban J connectivity index is 2.17. The summed E-state index contributed by atoms with van der Waals surface area (Å²) >= 11 is 12.8. The van der Waals surface area contributed by atoms with Crippen molar-refractivity contribution in [2.24, 2.45) is 5.92 Å². The number of halogens is 3. The SMILES string of the molecule is CC[Si](CC)(CC)OC(CNCC1CCCCC1)c1c(Cl)cc(F)cc1Cl. The molecule has 1 unspecified atom stereocenters. The molecule has 2 nitrogen and oxygen atoms in total. The van der Waals surface area contributed by atoms with Gasteiger partial charge in [0.2, 0.25) is 0 Å². The molecule has 0 aliphatic heterocycles. The van der Waals surface area contributed by atoms with Gasteiger partial charge in [-0.2, -0.15) is 0 Å². The molecule has 2 rings (SSSR count). The van der Waals surface area contributed by atoms with Crippen LogP contribution in [-0.4, -0.2) is 21.4 Å². The van der Waals surface area contributed by atoms with Gasteiger partial charge in [0.15, 0.2) is 8.32 Å². The zero-order valence-electron chi connectivity index (χ0n) is 16.9. The first kappa shape index (κ1) is 23.1. The largest absolute Gasteiger partial charge is 0.409 e. The Morgan fingerprint density at radius 2 is 1.63 bits per heavy atom. The first-order chi connectivity index (χ1) is 12.9. The quantitative estimate of drug-likeness (QED) is 0.388. The number of hydrogen-bond donors (Lipinski definition) is 1. The van der Waals surface area contributed by atoms with Gasteiger partial charge in [-0.15, -0.1) is 0 Å². The molecule has 1 aliphatic rings. The fourth-order valence-electron chi connectivity index (χ4n) is 4.18. The summed E-state index contributed by atoms with van der Waals surface area (Å²) in [6.45, 7) is 8.28. The summed E-state index contributed by atoms with van der Waals surface area (Å²) in [5.74, 6) is 0.330. The highest BCUT2D eigenvalue weighted by Crippen LogP contribution is 2.37. The molecule has 0 bridgehead atoms. The van der Waals surface area contributed by atoms with Crippen molar-refractivity contribution in [3.05, 3.63) is 33.6 Å². The minimum Gasteiger partial charge on any atom is -0.409 e. The fraction of sp³-hybridized carbons (Fsp3) is 0.714. The van der Waals surface area contributed by atoms with Crippen LogP contribution in [0.4, 0.5) is 4.39 Å². The minimum absolute atomic E-state index is 0.235. The van der Waals surface area contributed by atoms with Crippen molar-refractivity contribution in [3.8, 4) is 0 Å². The lowest BCUT2D eigenvalue weighted by molar-refractivity contribution is 0.182. The number of nitrogens with one attached hydrogen (secondary N) is 1. The van der Waals surface area contributed by atoms with Crippen LogP contribution in [0.25, 0.3) is 0 Å². The number of benzene rings is 1. The fourth-order valence-corrected chi connectivity index (χ4v) is 7.68. The molecule has 0 radical (unpaired) electrons. The Morgan fingerprint density at radius 1 is 1.07 bits per heavy atom. The highest BCUT2D eigenvalue weighted by atomic mass is 35.5. The van der Waals surface area contributed by atoms with E-state index in [1.54, 1.807) is 0 Å². The predicted octanol–water partition coefficient (Wildman–Crippen LogP) is 7.37. The first-order valence-corrected chi connectivity index (χ1v) is 13.8. The van der Waals surface area contributed by atoms with E-state index in [0.717, 1.165) is 36.2 Å². The van der Waals surface area contributed by atoms with E-state index in [1.807, 2.05) is 0 Å². The lowest BCUT2D eigenvalue weighted by Crippen LogP contribution is -2.40. The van der Waals surface area contributed by atoms with Gasteiger partial charge in [0, 0.05) is 12.1 Å². The lowest BCUT2D eigenvalue weighted by atomic mass is 9.89. The smallest absolute Gasteiger partial charge is 0.192 e. The molecular formula is C21H34Cl2FNOSi. The minimum atomic E-state index is -1.86. The standard InChI is InChI=1S/C21H34Cl2FNOSi/c1-4-27(5-2,6-3)26-20(15-25-14-16-10-8-7-9-11-16)21-18(22)12-17(24)13-19(21)23/h12-13,16,20,25H,4-11,14-15H2,1-3H3. The molecule has 0 amide bonds. The van der Waals surface area contributed by atoms with E-state index in [9.17, 15) is 4.39 Å². The topological polar surface area (TPSA) is 21.3 Å². The van der Waals surface area contributed by atoms with E-state index >= 15 is 0 Å². The van der Waals surface area contributed by atoms with Crippen molar-refractivity contribution in [2.75, 3.05) is 13.1 Å². The molecule has 1 fully saturated rings. The zero-order chi connectivity index (χ0) is 19.9. The van der Waals surface area contributed by atoms with Crippen LogP contribution < -0.4 is 5.32 Å². The summed E-state index contributed by atoms with van der Waals surface area (Å²) < 4.78 is 20.4. The number of hydrogen-bond acceptors (Lipinski definition) is 2. The molecule has 1 atom stereocenters. The Labute approximate surface area is 175 Å². The summed E-state index contributed by atoms with van der Waals surface area (Å²) in [5.41, 5.74) is 0.725. The van der Waals surface area contributed by atoms with E-state index in [4.69, 9.17) is 27.6 Å². The van der Waals surface area contributed by atoms with Crippen molar-refractivity contribution in [2.45, 2.75) is 77.1 Å². The van der Waals surface area contributed by atoms with E-state index in [0.29, 0.717) is 16.6 Å². The van der Waals surface area contributed by atoms with E-state index < -0.39 is 14.1 Å². The van der Waals surface area contributed by atoms with Crippen LogP contribution in [0.3, 0.4) is 0 Å². The second-order valence-electron chi connectivity index (χ2n) is 7.80. The molecule has 0 heterocycles. The van der Waals surface area contributed by atoms with Crippen LogP contribution in [0.5, 0.6) is 0 Å². The lowest BCUT2D eigenvalue weighted by Gasteiger charge is -2.35. The van der Waals surface area contributed by atoms with Crippen LogP contribution in [0.15, 0.2) is 12.1 Å². The summed E-state index contributed by atoms with van der Waals surface area (Å²) in [4.78, 5) is 0. The monoisotopic (exact) mass is 433 g/mol. The summed E-state index contributed by atoms with van der Waals surface area (Å²) in [6, 6.07) is 5.83. The van der Waals surface area contributed by atoms with Crippen molar-refractivity contribution >= 4 is 31.5 Å². The van der Waals surface area contributed by atoms with Gasteiger partial charge in [-0.3, -0.25) is 0 Å². The van der Waals surface area contributed by atoms with Crippen molar-refractivity contribution in [1.82, 2.24) is 5.32 Å². The summed E-state index contributed by atoms with van der Waals surface area (Å²) in [7, 11) is -1.86. The van der Waals surface area contributed by atoms with Crippen LogP contribution in [0, 0.1) is 11.7 Å². The number of rotatable bonds is 10. The summed E-state index contributed by atoms with van der Waals surface area (Å²) in [6.07, 6.45) is 6.39. The third-order valence-electron chi connectivity index (χ3n) is 6.18. The molecule has 27 heavy (non-hydrogen) atoms. The van der Waals surface area contributed by atoms with Gasteiger partial charge in [0.25, 0.3) is 0 Å². The van der Waals surface area contributed by atoms with Gasteiger partial charge >= 0.3 is 0 Å². The zero-order valence-corrected chi connectivity index (χ0v) is 19.4. The maximum absolute atomic E-state index is 13.7. The van der Waals surface area contributed by atoms with Crippen LogP contribution in [0.2, 0.25) is 28.2 Å². The van der Waals surface area contributed by atoms with Gasteiger partial charge in [-0.25, -0.2) is 4.39 Å². The van der Waals surface area contributed by atoms with Crippen LogP contribution in [0.1, 0.15) is 64.5 Å². The second kappa shape index (κ2) is 11.2. The molecule has 1 N–H and O–H groups in total. The Kier molecular flexibility index (Phi) is 9.56. The Bertz CT molecular complexity index is 560. The van der Waals surface area contributed by atoms with Crippen LogP contribution in [-0.2, 0) is 4.43 Å². The van der Waals surface area contributed by atoms with E-state index in [1.165, 1.54) is 44.2 Å². The highest BCUT2D eigenvalue weighted by molar-refractivity contribution is 6.73. The Morgan fingerprint density at radius 3 is 2.15 bits per heavy atom. The first-order valence-electron chi connectivity index (χ1n) is 10.5. The molecular weight excluding hydrogens is 400 g/mol. The van der Waals surface area contributed by atoms with Crippen molar-refractivity contribution < 1.29 is 8.82 Å². The average Bonchev–Trinajstić information content (AvgIpc) is 2.66. The van der Waals surface area contributed by atoms with Crippen LogP contribution >= 0.6 is 23.2 Å². The highest BCUT2D eigenvalue weighted by Gasteiger charge is 2.34. The van der Waals surface area contributed by atoms with Gasteiger partial charge < -0.3 is 9.74 Å². The molecule has 6 heteroatoms. The maximum atomic E-state index is 13.7. The molecule has 1 aliphatic carbocycles. The average molecular weight is 434 g/mol. The molecule has 0 spiro atoms. The van der Waals surface area contributed by atoms with Gasteiger partial charge in [-0.05, 0) is 55.6 Å². The third-order valence-corrected chi connectivity index (χ3v) is 11.5. The van der Waals surface area contributed by atoms with Crippen molar-refractivity contribution in [1.29, 1.82) is 0 Å². The Hall–Kier alpha value is -0.133. The van der Waals surface area contributed by atoms with E-state index in [-0.39, 0.29) is 6.10 Å². The molecule has 1 aromatic carbocycles. The van der Waals surface area contributed by atoms with Gasteiger partial charge in [0.1, 0.15) is 5.82 Å². The van der Waals surface area contributed by atoms with Crippen molar-refractivity contribution in [3.63, 3.8) is 0 Å². The molecule has 0 saturated heterocycles. The van der Waals surface area contributed by atoms with Gasteiger partial charge in [-0.1, -0.05) is 63.2 Å². The molecule has 0 aromatic heterocycles. The van der Waals surface area contributed by atoms with Gasteiger partial charge in [0.05, 0.1) is 16.1 Å².